The van der Waals surface area contributed by atoms with E-state index in [2.05, 4.69) is 10.2 Å². The van der Waals surface area contributed by atoms with Crippen molar-refractivity contribution in [1.29, 1.82) is 0 Å². The first-order chi connectivity index (χ1) is 11.2. The molecule has 0 atom stereocenters. The minimum atomic E-state index is 0.0696. The summed E-state index contributed by atoms with van der Waals surface area (Å²) in [5.74, 6) is 0.771. The molecule has 0 radical (unpaired) electrons. The molecule has 1 aliphatic rings. The lowest BCUT2D eigenvalue weighted by atomic mass is 10.2. The number of halogens is 1. The predicted octanol–water partition coefficient (Wildman–Crippen LogP) is 3.29. The molecule has 0 N–H and O–H groups in total. The number of aromatic nitrogens is 3. The number of fused-ring (bicyclic) bond motifs is 1. The van der Waals surface area contributed by atoms with Crippen LogP contribution in [0.25, 0.3) is 17.0 Å². The summed E-state index contributed by atoms with van der Waals surface area (Å²) in [7, 11) is 0. The molecule has 4 rings (SSSR count). The Labute approximate surface area is 138 Å². The fourth-order valence-corrected chi connectivity index (χ4v) is 3.04. The topological polar surface area (TPSA) is 50.5 Å². The molecule has 116 valence electrons. The van der Waals surface area contributed by atoms with E-state index in [4.69, 9.17) is 11.6 Å². The zero-order chi connectivity index (χ0) is 15.8. The highest BCUT2D eigenvalue weighted by atomic mass is 35.5. The van der Waals surface area contributed by atoms with Crippen molar-refractivity contribution in [2.75, 3.05) is 13.1 Å². The Morgan fingerprint density at radius 2 is 1.74 bits per heavy atom. The second-order valence-corrected chi connectivity index (χ2v) is 6.11. The summed E-state index contributed by atoms with van der Waals surface area (Å²) < 4.78 is 1.85. The molecule has 1 aliphatic heterocycles. The van der Waals surface area contributed by atoms with Crippen molar-refractivity contribution in [3.8, 4) is 11.4 Å². The van der Waals surface area contributed by atoms with E-state index >= 15 is 0 Å². The van der Waals surface area contributed by atoms with Crippen LogP contribution in [-0.2, 0) is 0 Å². The van der Waals surface area contributed by atoms with Crippen LogP contribution in [0.3, 0.4) is 0 Å². The molecule has 0 bridgehead atoms. The van der Waals surface area contributed by atoms with Crippen molar-refractivity contribution in [2.45, 2.75) is 12.8 Å². The van der Waals surface area contributed by atoms with Gasteiger partial charge in [0.25, 0.3) is 5.91 Å². The van der Waals surface area contributed by atoms with Crippen LogP contribution < -0.4 is 0 Å². The number of carbonyl (C=O) groups is 1. The fourth-order valence-electron chi connectivity index (χ4n) is 2.92. The quantitative estimate of drug-likeness (QED) is 0.726. The summed E-state index contributed by atoms with van der Waals surface area (Å²) in [6.45, 7) is 1.67. The van der Waals surface area contributed by atoms with Gasteiger partial charge in [0, 0.05) is 29.9 Å². The van der Waals surface area contributed by atoms with Gasteiger partial charge in [-0.2, -0.15) is 0 Å². The molecule has 5 nitrogen and oxygen atoms in total. The molecule has 1 aromatic carbocycles. The summed E-state index contributed by atoms with van der Waals surface area (Å²) in [6.07, 6.45) is 3.98. The molecular weight excluding hydrogens is 312 g/mol. The number of hydrogen-bond acceptors (Lipinski definition) is 3. The molecule has 1 saturated heterocycles. The van der Waals surface area contributed by atoms with Gasteiger partial charge >= 0.3 is 0 Å². The largest absolute Gasteiger partial charge is 0.339 e. The number of pyridine rings is 1. The number of rotatable bonds is 2. The first-order valence-electron chi connectivity index (χ1n) is 7.62. The Bertz CT molecular complexity index is 866. The van der Waals surface area contributed by atoms with Gasteiger partial charge in [-0.15, -0.1) is 10.2 Å². The maximum Gasteiger partial charge on any atom is 0.255 e. The molecule has 1 amide bonds. The van der Waals surface area contributed by atoms with Crippen molar-refractivity contribution >= 4 is 23.2 Å². The van der Waals surface area contributed by atoms with Crippen LogP contribution >= 0.6 is 11.6 Å². The summed E-state index contributed by atoms with van der Waals surface area (Å²) >= 11 is 5.94. The molecule has 3 heterocycles. The number of hydrogen-bond donors (Lipinski definition) is 0. The number of nitrogens with zero attached hydrogens (tertiary/aromatic N) is 4. The lowest BCUT2D eigenvalue weighted by Gasteiger charge is -2.15. The average Bonchev–Trinajstić information content (AvgIpc) is 3.24. The van der Waals surface area contributed by atoms with Crippen LogP contribution in [0.15, 0.2) is 42.6 Å². The number of benzene rings is 1. The maximum atomic E-state index is 12.6. The van der Waals surface area contributed by atoms with Gasteiger partial charge in [0.15, 0.2) is 11.5 Å². The minimum absolute atomic E-state index is 0.0696. The first-order valence-corrected chi connectivity index (χ1v) is 8.00. The maximum absolute atomic E-state index is 12.6. The van der Waals surface area contributed by atoms with E-state index in [1.807, 2.05) is 51.9 Å². The van der Waals surface area contributed by atoms with Gasteiger partial charge in [0.1, 0.15) is 0 Å². The molecule has 23 heavy (non-hydrogen) atoms. The molecular formula is C17H15ClN4O. The lowest BCUT2D eigenvalue weighted by Crippen LogP contribution is -2.27. The fraction of sp³-hybridized carbons (Fsp3) is 0.235. The average molecular weight is 327 g/mol. The van der Waals surface area contributed by atoms with E-state index in [0.717, 1.165) is 31.5 Å². The van der Waals surface area contributed by atoms with Crippen molar-refractivity contribution in [1.82, 2.24) is 19.5 Å². The van der Waals surface area contributed by atoms with Gasteiger partial charge in [0.2, 0.25) is 0 Å². The van der Waals surface area contributed by atoms with E-state index in [0.29, 0.717) is 22.1 Å². The van der Waals surface area contributed by atoms with Gasteiger partial charge in [-0.3, -0.25) is 9.20 Å². The summed E-state index contributed by atoms with van der Waals surface area (Å²) in [6, 6.07) is 11.1. The van der Waals surface area contributed by atoms with Gasteiger partial charge in [-0.05, 0) is 49.2 Å². The van der Waals surface area contributed by atoms with Gasteiger partial charge < -0.3 is 4.90 Å². The van der Waals surface area contributed by atoms with Gasteiger partial charge in [0.05, 0.1) is 5.56 Å². The van der Waals surface area contributed by atoms with Crippen molar-refractivity contribution in [2.24, 2.45) is 0 Å². The lowest BCUT2D eigenvalue weighted by molar-refractivity contribution is 0.0792. The zero-order valence-electron chi connectivity index (χ0n) is 12.4. The second-order valence-electron chi connectivity index (χ2n) is 5.68. The highest BCUT2D eigenvalue weighted by Gasteiger charge is 2.20. The zero-order valence-corrected chi connectivity index (χ0v) is 13.2. The Morgan fingerprint density at radius 1 is 1.00 bits per heavy atom. The normalized spacial score (nSPS) is 14.6. The van der Waals surface area contributed by atoms with E-state index in [1.165, 1.54) is 0 Å². The minimum Gasteiger partial charge on any atom is -0.339 e. The smallest absolute Gasteiger partial charge is 0.255 e. The van der Waals surface area contributed by atoms with E-state index in [9.17, 15) is 4.79 Å². The van der Waals surface area contributed by atoms with Crippen molar-refractivity contribution in [3.05, 3.63) is 53.2 Å². The predicted molar refractivity (Wildman–Crippen MR) is 88.6 cm³/mol. The third-order valence-corrected chi connectivity index (χ3v) is 4.40. The van der Waals surface area contributed by atoms with E-state index in [1.54, 1.807) is 0 Å². The molecule has 0 saturated carbocycles. The Hall–Kier alpha value is -2.40. The van der Waals surface area contributed by atoms with Crippen LogP contribution in [0.5, 0.6) is 0 Å². The van der Waals surface area contributed by atoms with Crippen LogP contribution in [-0.4, -0.2) is 38.5 Å². The van der Waals surface area contributed by atoms with E-state index in [-0.39, 0.29) is 5.91 Å². The Morgan fingerprint density at radius 3 is 2.48 bits per heavy atom. The highest BCUT2D eigenvalue weighted by Crippen LogP contribution is 2.22. The van der Waals surface area contributed by atoms with Crippen LogP contribution in [0.2, 0.25) is 5.02 Å². The number of carbonyl (C=O) groups excluding carboxylic acids is 1. The van der Waals surface area contributed by atoms with Crippen molar-refractivity contribution in [3.63, 3.8) is 0 Å². The van der Waals surface area contributed by atoms with Crippen molar-refractivity contribution < 1.29 is 4.79 Å². The van der Waals surface area contributed by atoms with E-state index < -0.39 is 0 Å². The third-order valence-electron chi connectivity index (χ3n) is 4.14. The summed E-state index contributed by atoms with van der Waals surface area (Å²) in [5.41, 5.74) is 2.29. The SMILES string of the molecule is O=C(c1ccc2nnc(-c3ccc(Cl)cc3)n2c1)N1CCCC1. The third kappa shape index (κ3) is 2.57. The second kappa shape index (κ2) is 5.66. The molecule has 0 spiro atoms. The van der Waals surface area contributed by atoms with Crippen LogP contribution in [0.1, 0.15) is 23.2 Å². The van der Waals surface area contributed by atoms with Crippen LogP contribution in [0.4, 0.5) is 0 Å². The first kappa shape index (κ1) is 14.2. The Balaban J connectivity index is 1.76. The molecule has 0 unspecified atom stereocenters. The highest BCUT2D eigenvalue weighted by molar-refractivity contribution is 6.30. The number of likely N-dealkylation sites (tertiary alicyclic amines) is 1. The molecule has 3 aromatic rings. The summed E-state index contributed by atoms with van der Waals surface area (Å²) in [4.78, 5) is 14.5. The monoisotopic (exact) mass is 326 g/mol. The van der Waals surface area contributed by atoms with Gasteiger partial charge in [-0.1, -0.05) is 11.6 Å². The van der Waals surface area contributed by atoms with Crippen LogP contribution in [0, 0.1) is 0 Å². The Kier molecular flexibility index (Phi) is 3.50. The molecule has 1 fully saturated rings. The molecule has 6 heteroatoms. The molecule has 0 aliphatic carbocycles. The molecule has 2 aromatic heterocycles. The van der Waals surface area contributed by atoms with Gasteiger partial charge in [-0.25, -0.2) is 0 Å². The number of amides is 1. The summed E-state index contributed by atoms with van der Waals surface area (Å²) in [5, 5.41) is 9.08. The standard InChI is InChI=1S/C17H15ClN4O/c18-14-6-3-12(4-7-14)16-20-19-15-8-5-13(11-22(15)16)17(23)21-9-1-2-10-21/h3-8,11H,1-2,9-10H2.